The number of nitrogens with two attached hydrogens (primary N) is 1. The average molecular weight is 675 g/mol. The minimum absolute atomic E-state index is 0.00266. The van der Waals surface area contributed by atoms with Gasteiger partial charge in [-0.2, -0.15) is 13.1 Å². The number of aryl methyl sites for hydroxylation is 1. The number of aliphatic hydroxyl groups is 1. The van der Waals surface area contributed by atoms with E-state index in [2.05, 4.69) is 34.6 Å². The largest absolute Gasteiger partial charge is 0.472 e. The number of hydrogen-bond donors (Lipinski definition) is 5. The van der Waals surface area contributed by atoms with Crippen molar-refractivity contribution in [2.75, 3.05) is 18.9 Å². The molecule has 3 aliphatic rings. The summed E-state index contributed by atoms with van der Waals surface area (Å²) in [7, 11) is -9.90. The molecule has 3 saturated heterocycles. The molecule has 3 fully saturated rings. The van der Waals surface area contributed by atoms with Crippen LogP contribution in [0.15, 0.2) is 23.8 Å². The number of aromatic nitrogens is 8. The molecular formula is C21H24FN10O11PS. The molecule has 2 bridgehead atoms. The van der Waals surface area contributed by atoms with Gasteiger partial charge in [-0.3, -0.25) is 23.0 Å². The molecule has 9 unspecified atom stereocenters. The zero-order valence-corrected chi connectivity index (χ0v) is 24.5. The van der Waals surface area contributed by atoms with E-state index in [-0.39, 0.29) is 34.0 Å². The van der Waals surface area contributed by atoms with Crippen molar-refractivity contribution in [2.24, 2.45) is 0 Å². The zero-order valence-electron chi connectivity index (χ0n) is 22.8. The number of halogens is 1. The average Bonchev–Trinajstić information content (AvgIpc) is 3.72. The number of hydrogen-bond acceptors (Lipinski definition) is 16. The Labute approximate surface area is 250 Å². The van der Waals surface area contributed by atoms with Crippen molar-refractivity contribution >= 4 is 46.3 Å². The number of anilines is 1. The first-order valence-corrected chi connectivity index (χ1v) is 16.1. The number of nitrogen functional groups attached to an aromatic ring is 1. The molecule has 0 aliphatic carbocycles. The van der Waals surface area contributed by atoms with Crippen LogP contribution in [0.1, 0.15) is 18.3 Å². The van der Waals surface area contributed by atoms with Crippen molar-refractivity contribution in [3.63, 3.8) is 0 Å². The summed E-state index contributed by atoms with van der Waals surface area (Å²) in [6, 6.07) is 0. The highest BCUT2D eigenvalue weighted by molar-refractivity contribution is 7.84. The molecule has 0 spiro atoms. The summed E-state index contributed by atoms with van der Waals surface area (Å²) >= 11 is 0. The summed E-state index contributed by atoms with van der Waals surface area (Å²) < 4.78 is 86.7. The second-order valence-corrected chi connectivity index (χ2v) is 13.1. The number of H-pyrrole nitrogens is 1. The van der Waals surface area contributed by atoms with E-state index in [9.17, 15) is 27.8 Å². The van der Waals surface area contributed by atoms with Gasteiger partial charge in [0.05, 0.1) is 19.3 Å². The molecule has 3 aliphatic heterocycles. The Bertz CT molecular complexity index is 2010. The summed E-state index contributed by atoms with van der Waals surface area (Å²) in [4.78, 5) is 45.5. The molecule has 4 aromatic heterocycles. The van der Waals surface area contributed by atoms with Gasteiger partial charge >= 0.3 is 18.1 Å². The van der Waals surface area contributed by atoms with E-state index < -0.39 is 86.0 Å². The number of phosphoric ester groups is 1. The topological polar surface area (TPSA) is 283 Å². The van der Waals surface area contributed by atoms with Gasteiger partial charge in [-0.25, -0.2) is 38.1 Å². The van der Waals surface area contributed by atoms with Crippen LogP contribution < -0.4 is 16.0 Å². The lowest BCUT2D eigenvalue weighted by molar-refractivity contribution is -0.0536. The van der Waals surface area contributed by atoms with Gasteiger partial charge in [0.2, 0.25) is 0 Å². The van der Waals surface area contributed by atoms with Gasteiger partial charge in [-0.15, -0.1) is 0 Å². The van der Waals surface area contributed by atoms with Crippen LogP contribution in [-0.4, -0.2) is 107 Å². The van der Waals surface area contributed by atoms with E-state index in [0.29, 0.717) is 0 Å². The number of rotatable bonds is 2. The Morgan fingerprint density at radius 1 is 1.07 bits per heavy atom. The minimum Gasteiger partial charge on any atom is -0.387 e. The highest BCUT2D eigenvalue weighted by Gasteiger charge is 2.53. The van der Waals surface area contributed by atoms with Crippen LogP contribution >= 0.6 is 7.82 Å². The number of aliphatic hydroxyl groups excluding tert-OH is 1. The first-order chi connectivity index (χ1) is 21.3. The number of alkyl halides is 1. The lowest BCUT2D eigenvalue weighted by Crippen LogP contribution is -2.43. The van der Waals surface area contributed by atoms with Gasteiger partial charge < -0.3 is 30.2 Å². The van der Waals surface area contributed by atoms with Crippen LogP contribution in [0.2, 0.25) is 0 Å². The summed E-state index contributed by atoms with van der Waals surface area (Å²) in [5, 5.41) is 11.0. The molecular weight excluding hydrogens is 650 g/mol. The summed E-state index contributed by atoms with van der Waals surface area (Å²) in [6.07, 6.45) is -10.1. The first-order valence-electron chi connectivity index (χ1n) is 13.1. The summed E-state index contributed by atoms with van der Waals surface area (Å²) in [5.74, 6) is 0.206. The normalized spacial score (nSPS) is 35.6. The first kappa shape index (κ1) is 30.2. The van der Waals surface area contributed by atoms with Crippen molar-refractivity contribution in [1.29, 1.82) is 0 Å². The fourth-order valence-corrected chi connectivity index (χ4v) is 7.28. The highest BCUT2D eigenvalue weighted by Crippen LogP contribution is 2.50. The predicted octanol–water partition coefficient (Wildman–Crippen LogP) is -1.92. The molecule has 0 amide bonds. The molecule has 24 heteroatoms. The Morgan fingerprint density at radius 2 is 1.78 bits per heavy atom. The maximum absolute atomic E-state index is 15.9. The second kappa shape index (κ2) is 10.8. The fraction of sp³-hybridized carbons (Fsp3) is 0.524. The van der Waals surface area contributed by atoms with Crippen LogP contribution in [-0.2, 0) is 37.6 Å². The number of imidazole rings is 2. The van der Waals surface area contributed by atoms with E-state index in [1.54, 1.807) is 0 Å². The van der Waals surface area contributed by atoms with E-state index >= 15 is 4.39 Å². The van der Waals surface area contributed by atoms with Gasteiger partial charge in [0.15, 0.2) is 47.4 Å². The number of nitrogens with one attached hydrogen (secondary N) is 2. The van der Waals surface area contributed by atoms with Gasteiger partial charge in [0, 0.05) is 6.54 Å². The predicted molar refractivity (Wildman–Crippen MR) is 144 cm³/mol. The Morgan fingerprint density at radius 3 is 2.56 bits per heavy atom. The van der Waals surface area contributed by atoms with E-state index in [1.165, 1.54) is 11.5 Å². The van der Waals surface area contributed by atoms with Crippen LogP contribution in [0.4, 0.5) is 10.2 Å². The van der Waals surface area contributed by atoms with Crippen LogP contribution in [0.3, 0.4) is 0 Å². The molecule has 0 saturated carbocycles. The SMILES string of the molecule is Cc1nc2c(ncn2C2OC3COP(=O)(O)OC4C(CNS(=O)(=O)OC2C3O)OC(n2cnc3c(N)ncnc32)C4F)c(=O)[nH]1. The highest BCUT2D eigenvalue weighted by atomic mass is 32.2. The quantitative estimate of drug-likeness (QED) is 0.145. The molecule has 45 heavy (non-hydrogen) atoms. The van der Waals surface area contributed by atoms with Crippen molar-refractivity contribution < 1.29 is 50.1 Å². The maximum Gasteiger partial charge on any atom is 0.472 e. The van der Waals surface area contributed by atoms with E-state index in [0.717, 1.165) is 23.5 Å². The number of phosphoric acid groups is 1. The zero-order chi connectivity index (χ0) is 31.8. The number of nitrogens with zero attached hydrogens (tertiary/aromatic N) is 7. The second-order valence-electron chi connectivity index (χ2n) is 10.3. The molecule has 21 nitrogen and oxygen atoms in total. The van der Waals surface area contributed by atoms with Gasteiger partial charge in [-0.1, -0.05) is 0 Å². The third-order valence-electron chi connectivity index (χ3n) is 7.42. The lowest BCUT2D eigenvalue weighted by Gasteiger charge is -2.24. The van der Waals surface area contributed by atoms with Crippen molar-refractivity contribution in [3.8, 4) is 0 Å². The number of fused-ring (bicyclic) bond motifs is 5. The molecule has 0 radical (unpaired) electrons. The van der Waals surface area contributed by atoms with Crippen molar-refractivity contribution in [3.05, 3.63) is 35.2 Å². The smallest absolute Gasteiger partial charge is 0.387 e. The molecule has 242 valence electrons. The Hall–Kier alpha value is -3.51. The molecule has 0 aromatic carbocycles. The van der Waals surface area contributed by atoms with Crippen LogP contribution in [0.25, 0.3) is 22.3 Å². The van der Waals surface area contributed by atoms with E-state index in [4.69, 9.17) is 28.4 Å². The van der Waals surface area contributed by atoms with E-state index in [1.807, 2.05) is 0 Å². The number of ether oxygens (including phenoxy) is 2. The van der Waals surface area contributed by atoms with Gasteiger partial charge in [0.1, 0.15) is 42.1 Å². The Balaban J connectivity index is 1.21. The summed E-state index contributed by atoms with van der Waals surface area (Å²) in [6.45, 7) is -0.0584. The van der Waals surface area contributed by atoms with Crippen molar-refractivity contribution in [2.45, 2.75) is 56.1 Å². The molecule has 7 heterocycles. The molecule has 6 N–H and O–H groups in total. The van der Waals surface area contributed by atoms with Crippen molar-refractivity contribution in [1.82, 2.24) is 43.8 Å². The van der Waals surface area contributed by atoms with Crippen LogP contribution in [0, 0.1) is 6.92 Å². The number of aromatic amines is 1. The summed E-state index contributed by atoms with van der Waals surface area (Å²) in [5.41, 5.74) is 5.29. The van der Waals surface area contributed by atoms with Crippen LogP contribution in [0.5, 0.6) is 0 Å². The fourth-order valence-electron chi connectivity index (χ4n) is 5.39. The standard InChI is InChI=1S/C21H24FN10O11PS/c1-7-29-18-12(19(34)30-7)27-6-32(18)21-15-13(33)9(41-21)3-39-44(35,36)42-14-8(2-28-45(37,38)43-15)40-20(10(14)22)31-5-26-11-16(23)24-4-25-17(11)31/h4-6,8-10,13-15,20-21,28,33H,2-3H2,1H3,(H,35,36)(H2,23,24,25)(H,29,30,34). The Kier molecular flexibility index (Phi) is 7.23. The monoisotopic (exact) mass is 674 g/mol. The van der Waals surface area contributed by atoms with Gasteiger partial charge in [0.25, 0.3) is 5.56 Å². The minimum atomic E-state index is -5.12. The molecule has 9 atom stereocenters. The third kappa shape index (κ3) is 5.29. The maximum atomic E-state index is 15.9. The van der Waals surface area contributed by atoms with Gasteiger partial charge in [-0.05, 0) is 6.92 Å². The lowest BCUT2D eigenvalue weighted by atomic mass is 10.1. The molecule has 4 aromatic rings. The third-order valence-corrected chi connectivity index (χ3v) is 9.40. The molecule has 7 rings (SSSR count).